The molecule has 3 aromatic rings. The van der Waals surface area contributed by atoms with Gasteiger partial charge in [0, 0.05) is 18.6 Å². The number of nitrogens with zero attached hydrogens (tertiary/aromatic N) is 3. The van der Waals surface area contributed by atoms with E-state index in [1.165, 1.54) is 0 Å². The Labute approximate surface area is 119 Å². The summed E-state index contributed by atoms with van der Waals surface area (Å²) in [6.45, 7) is 4.04. The zero-order chi connectivity index (χ0) is 13.4. The van der Waals surface area contributed by atoms with Crippen LogP contribution in [0.3, 0.4) is 0 Å². The lowest BCUT2D eigenvalue weighted by Gasteiger charge is -2.09. The second-order valence-corrected chi connectivity index (χ2v) is 5.21. The molecule has 0 fully saturated rings. The van der Waals surface area contributed by atoms with E-state index in [0.29, 0.717) is 16.1 Å². The molecular formula is C14H12BrN3O. The zero-order valence-corrected chi connectivity index (χ0v) is 12.2. The van der Waals surface area contributed by atoms with Gasteiger partial charge in [-0.05, 0) is 47.0 Å². The summed E-state index contributed by atoms with van der Waals surface area (Å²) in [5, 5.41) is 0. The van der Waals surface area contributed by atoms with E-state index < -0.39 is 0 Å². The normalized spacial score (nSPS) is 10.9. The Kier molecular flexibility index (Phi) is 2.98. The van der Waals surface area contributed by atoms with Crippen LogP contribution in [0.5, 0.6) is 11.6 Å². The first-order valence-electron chi connectivity index (χ1n) is 5.88. The van der Waals surface area contributed by atoms with Crippen molar-refractivity contribution < 1.29 is 4.74 Å². The Bertz CT molecular complexity index is 752. The van der Waals surface area contributed by atoms with Crippen molar-refractivity contribution >= 4 is 21.6 Å². The van der Waals surface area contributed by atoms with Crippen LogP contribution >= 0.6 is 15.9 Å². The first-order valence-corrected chi connectivity index (χ1v) is 6.67. The van der Waals surface area contributed by atoms with Crippen molar-refractivity contribution in [1.82, 2.24) is 14.4 Å². The molecule has 0 aliphatic carbocycles. The number of imidazole rings is 1. The maximum absolute atomic E-state index is 5.92. The summed E-state index contributed by atoms with van der Waals surface area (Å²) in [5.41, 5.74) is 2.91. The van der Waals surface area contributed by atoms with Crippen LogP contribution in [-0.2, 0) is 0 Å². The number of fused-ring (bicyclic) bond motifs is 1. The van der Waals surface area contributed by atoms with Gasteiger partial charge in [-0.25, -0.2) is 9.97 Å². The van der Waals surface area contributed by atoms with E-state index in [4.69, 9.17) is 4.74 Å². The third-order valence-corrected chi connectivity index (χ3v) is 3.25. The largest absolute Gasteiger partial charge is 0.436 e. The molecule has 0 spiro atoms. The summed E-state index contributed by atoms with van der Waals surface area (Å²) < 4.78 is 8.50. The molecule has 3 rings (SSSR count). The molecular weight excluding hydrogens is 306 g/mol. The number of rotatable bonds is 2. The van der Waals surface area contributed by atoms with Crippen molar-refractivity contribution in [2.24, 2.45) is 0 Å². The van der Waals surface area contributed by atoms with Crippen LogP contribution in [0.15, 0.2) is 41.4 Å². The van der Waals surface area contributed by atoms with E-state index in [2.05, 4.69) is 32.0 Å². The summed E-state index contributed by atoms with van der Waals surface area (Å²) >= 11 is 3.37. The molecule has 5 heteroatoms. The molecule has 0 atom stereocenters. The first-order chi connectivity index (χ1) is 9.13. The SMILES string of the molecule is Cc1ccc(C)c(Oc2nc(Br)cn3ccnc23)c1. The van der Waals surface area contributed by atoms with E-state index >= 15 is 0 Å². The van der Waals surface area contributed by atoms with Gasteiger partial charge >= 0.3 is 0 Å². The molecule has 1 aromatic carbocycles. The van der Waals surface area contributed by atoms with Gasteiger partial charge in [-0.15, -0.1) is 0 Å². The minimum atomic E-state index is 0.494. The van der Waals surface area contributed by atoms with Crippen LogP contribution in [0, 0.1) is 13.8 Å². The first kappa shape index (κ1) is 12.2. The van der Waals surface area contributed by atoms with Crippen LogP contribution in [0.25, 0.3) is 5.65 Å². The monoisotopic (exact) mass is 317 g/mol. The molecule has 0 aliphatic heterocycles. The number of aryl methyl sites for hydroxylation is 2. The van der Waals surface area contributed by atoms with Crippen LogP contribution < -0.4 is 4.74 Å². The molecule has 0 saturated carbocycles. The van der Waals surface area contributed by atoms with Crippen LogP contribution in [0.2, 0.25) is 0 Å². The maximum atomic E-state index is 5.92. The molecule has 2 heterocycles. The van der Waals surface area contributed by atoms with Crippen molar-refractivity contribution in [1.29, 1.82) is 0 Å². The van der Waals surface area contributed by atoms with Gasteiger partial charge in [0.05, 0.1) is 0 Å². The molecule has 0 amide bonds. The number of benzene rings is 1. The highest BCUT2D eigenvalue weighted by atomic mass is 79.9. The summed E-state index contributed by atoms with van der Waals surface area (Å²) in [5.74, 6) is 1.29. The minimum absolute atomic E-state index is 0.494. The topological polar surface area (TPSA) is 39.4 Å². The predicted molar refractivity (Wildman–Crippen MR) is 76.7 cm³/mol. The standard InChI is InChI=1S/C14H12BrN3O/c1-9-3-4-10(2)11(7-9)19-14-13-16-5-6-18(13)8-12(15)17-14/h3-8H,1-2H3. The van der Waals surface area contributed by atoms with Crippen LogP contribution in [0.4, 0.5) is 0 Å². The van der Waals surface area contributed by atoms with Gasteiger partial charge in [0.25, 0.3) is 5.88 Å². The lowest BCUT2D eigenvalue weighted by molar-refractivity contribution is 0.460. The molecule has 2 aromatic heterocycles. The number of ether oxygens (including phenoxy) is 1. The van der Waals surface area contributed by atoms with Gasteiger partial charge in [-0.1, -0.05) is 12.1 Å². The fraction of sp³-hybridized carbons (Fsp3) is 0.143. The molecule has 4 nitrogen and oxygen atoms in total. The highest BCUT2D eigenvalue weighted by Crippen LogP contribution is 2.28. The zero-order valence-electron chi connectivity index (χ0n) is 10.6. The molecule has 19 heavy (non-hydrogen) atoms. The smallest absolute Gasteiger partial charge is 0.264 e. The van der Waals surface area contributed by atoms with E-state index in [0.717, 1.165) is 16.9 Å². The molecule has 0 aliphatic rings. The molecule has 0 N–H and O–H groups in total. The van der Waals surface area contributed by atoms with Crippen molar-refractivity contribution in [3.8, 4) is 11.6 Å². The third kappa shape index (κ3) is 2.33. The number of halogens is 1. The Hall–Kier alpha value is -1.88. The number of aromatic nitrogens is 3. The van der Waals surface area contributed by atoms with Crippen LogP contribution in [-0.4, -0.2) is 14.4 Å². The lowest BCUT2D eigenvalue weighted by Crippen LogP contribution is -1.96. The highest BCUT2D eigenvalue weighted by molar-refractivity contribution is 9.10. The van der Waals surface area contributed by atoms with Crippen LogP contribution in [0.1, 0.15) is 11.1 Å². The van der Waals surface area contributed by atoms with Crippen molar-refractivity contribution in [2.45, 2.75) is 13.8 Å². The molecule has 0 bridgehead atoms. The molecule has 96 valence electrons. The van der Waals surface area contributed by atoms with Gasteiger partial charge in [0.2, 0.25) is 5.65 Å². The van der Waals surface area contributed by atoms with Gasteiger partial charge in [0.15, 0.2) is 0 Å². The third-order valence-electron chi connectivity index (χ3n) is 2.86. The number of hydrogen-bond donors (Lipinski definition) is 0. The summed E-state index contributed by atoms with van der Waals surface area (Å²) in [6, 6.07) is 6.09. The van der Waals surface area contributed by atoms with Gasteiger partial charge in [-0.3, -0.25) is 4.40 Å². The van der Waals surface area contributed by atoms with Gasteiger partial charge < -0.3 is 4.74 Å². The lowest BCUT2D eigenvalue weighted by atomic mass is 10.1. The molecule has 0 saturated heterocycles. The fourth-order valence-electron chi connectivity index (χ4n) is 1.86. The summed E-state index contributed by atoms with van der Waals surface area (Å²) in [4.78, 5) is 8.61. The van der Waals surface area contributed by atoms with Gasteiger partial charge in [-0.2, -0.15) is 0 Å². The van der Waals surface area contributed by atoms with Gasteiger partial charge in [0.1, 0.15) is 10.4 Å². The average Bonchev–Trinajstić information content (AvgIpc) is 2.82. The molecule has 0 radical (unpaired) electrons. The average molecular weight is 318 g/mol. The maximum Gasteiger partial charge on any atom is 0.264 e. The second-order valence-electron chi connectivity index (χ2n) is 4.40. The van der Waals surface area contributed by atoms with E-state index in [-0.39, 0.29) is 0 Å². The highest BCUT2D eigenvalue weighted by Gasteiger charge is 2.10. The Balaban J connectivity index is 2.10. The predicted octanol–water partition coefficient (Wildman–Crippen LogP) is 3.90. The van der Waals surface area contributed by atoms with E-state index in [1.54, 1.807) is 6.20 Å². The Morgan fingerprint density at radius 2 is 2.11 bits per heavy atom. The fourth-order valence-corrected chi connectivity index (χ4v) is 2.25. The van der Waals surface area contributed by atoms with Crippen molar-refractivity contribution in [3.05, 3.63) is 52.5 Å². The van der Waals surface area contributed by atoms with E-state index in [9.17, 15) is 0 Å². The minimum Gasteiger partial charge on any atom is -0.436 e. The second kappa shape index (κ2) is 4.66. The Morgan fingerprint density at radius 1 is 1.26 bits per heavy atom. The summed E-state index contributed by atoms with van der Waals surface area (Å²) in [7, 11) is 0. The van der Waals surface area contributed by atoms with Crippen molar-refractivity contribution in [3.63, 3.8) is 0 Å². The Morgan fingerprint density at radius 3 is 2.95 bits per heavy atom. The summed E-state index contributed by atoms with van der Waals surface area (Å²) in [6.07, 6.45) is 5.43. The number of hydrogen-bond acceptors (Lipinski definition) is 3. The molecule has 0 unspecified atom stereocenters. The quantitative estimate of drug-likeness (QED) is 0.719. The van der Waals surface area contributed by atoms with E-state index in [1.807, 2.05) is 42.8 Å². The van der Waals surface area contributed by atoms with Crippen molar-refractivity contribution in [2.75, 3.05) is 0 Å².